The van der Waals surface area contributed by atoms with Gasteiger partial charge in [-0.05, 0) is 61.1 Å². The Morgan fingerprint density at radius 1 is 0.688 bits per heavy atom. The van der Waals surface area contributed by atoms with Crippen LogP contribution < -0.4 is 9.47 Å². The summed E-state index contributed by atoms with van der Waals surface area (Å²) in [4.78, 5) is 8.46. The van der Waals surface area contributed by atoms with Gasteiger partial charge in [-0.15, -0.1) is 0 Å². The van der Waals surface area contributed by atoms with Crippen LogP contribution in [0.15, 0.2) is 58.5 Å². The predicted molar refractivity (Wildman–Crippen MR) is 136 cm³/mol. The fraction of sp³-hybridized carbons (Fsp3) is 0.464. The van der Waals surface area contributed by atoms with E-state index < -0.39 is 0 Å². The first-order valence-electron chi connectivity index (χ1n) is 11.9. The lowest BCUT2D eigenvalue weighted by molar-refractivity contribution is 0.305. The van der Waals surface area contributed by atoms with Gasteiger partial charge in [0.2, 0.25) is 0 Å². The second-order valence-electron chi connectivity index (χ2n) is 7.86. The zero-order valence-electron chi connectivity index (χ0n) is 19.8. The molecule has 0 aliphatic heterocycles. The molecule has 0 fully saturated rings. The average Bonchev–Trinajstić information content (AvgIpc) is 2.84. The average molecular weight is 435 g/mol. The maximum absolute atomic E-state index is 5.86. The monoisotopic (exact) mass is 434 g/mol. The molecule has 0 atom stereocenters. The van der Waals surface area contributed by atoms with Crippen molar-refractivity contribution in [1.82, 2.24) is 0 Å². The van der Waals surface area contributed by atoms with Crippen molar-refractivity contribution < 1.29 is 9.47 Å². The SMILES string of the molecule is CCCCCCN=C=NCCCCCCOc1ccc(/C=C/c2ccc(OC)cc2)cc1. The number of rotatable bonds is 16. The Kier molecular flexibility index (Phi) is 13.3. The molecule has 2 aromatic carbocycles. The number of benzene rings is 2. The summed E-state index contributed by atoms with van der Waals surface area (Å²) in [5, 5.41) is 0. The molecule has 0 N–H and O–H groups in total. The van der Waals surface area contributed by atoms with Gasteiger partial charge in [-0.25, -0.2) is 9.98 Å². The molecule has 32 heavy (non-hydrogen) atoms. The first-order valence-corrected chi connectivity index (χ1v) is 11.9. The standard InChI is InChI=1S/C28H38N2O2/c1-3-4-5-8-21-29-24-30-22-9-6-7-10-23-32-28-19-15-26(16-20-28)12-11-25-13-17-27(31-2)18-14-25/h11-20H,3-10,21-23H2,1-2H3/b12-11+. The van der Waals surface area contributed by atoms with Gasteiger partial charge in [0, 0.05) is 13.1 Å². The molecule has 0 aliphatic carbocycles. The lowest BCUT2D eigenvalue weighted by atomic mass is 10.1. The molecule has 0 radical (unpaired) electrons. The highest BCUT2D eigenvalue weighted by atomic mass is 16.5. The van der Waals surface area contributed by atoms with Crippen molar-refractivity contribution in [1.29, 1.82) is 0 Å². The third-order valence-corrected chi connectivity index (χ3v) is 5.16. The van der Waals surface area contributed by atoms with E-state index in [9.17, 15) is 0 Å². The summed E-state index contributed by atoms with van der Waals surface area (Å²) in [6, 6.07) is 19.1. The summed E-state index contributed by atoms with van der Waals surface area (Å²) in [5.41, 5.74) is 2.30. The Morgan fingerprint density at radius 3 is 1.78 bits per heavy atom. The van der Waals surface area contributed by atoms with Crippen LogP contribution in [0.1, 0.15) is 69.4 Å². The molecule has 2 aromatic rings. The number of methoxy groups -OCH3 is 1. The molecule has 0 amide bonds. The van der Waals surface area contributed by atoms with E-state index in [0.29, 0.717) is 0 Å². The molecule has 0 heterocycles. The van der Waals surface area contributed by atoms with Crippen molar-refractivity contribution >= 4 is 18.2 Å². The maximum atomic E-state index is 5.86. The summed E-state index contributed by atoms with van der Waals surface area (Å²) in [7, 11) is 1.68. The molecular formula is C28H38N2O2. The number of hydrogen-bond donors (Lipinski definition) is 0. The van der Waals surface area contributed by atoms with Gasteiger partial charge in [0.05, 0.1) is 19.7 Å². The highest BCUT2D eigenvalue weighted by Gasteiger charge is 1.96. The molecule has 0 bridgehead atoms. The number of nitrogens with zero attached hydrogens (tertiary/aromatic N) is 2. The predicted octanol–water partition coefficient (Wildman–Crippen LogP) is 7.56. The topological polar surface area (TPSA) is 43.2 Å². The van der Waals surface area contributed by atoms with Gasteiger partial charge >= 0.3 is 0 Å². The van der Waals surface area contributed by atoms with Gasteiger partial charge in [0.1, 0.15) is 11.5 Å². The molecule has 0 aliphatic rings. The third-order valence-electron chi connectivity index (χ3n) is 5.16. The van der Waals surface area contributed by atoms with Crippen LogP contribution in [-0.4, -0.2) is 32.8 Å². The highest BCUT2D eigenvalue weighted by molar-refractivity contribution is 5.70. The Hall–Kier alpha value is -2.84. The molecule has 4 heteroatoms. The molecular weight excluding hydrogens is 396 g/mol. The van der Waals surface area contributed by atoms with Crippen LogP contribution in [0, 0.1) is 0 Å². The zero-order chi connectivity index (χ0) is 22.7. The van der Waals surface area contributed by atoms with E-state index in [2.05, 4.69) is 47.2 Å². The molecule has 2 rings (SSSR count). The second-order valence-corrected chi connectivity index (χ2v) is 7.86. The van der Waals surface area contributed by atoms with E-state index in [-0.39, 0.29) is 0 Å². The van der Waals surface area contributed by atoms with Gasteiger partial charge in [0.15, 0.2) is 0 Å². The molecule has 0 saturated carbocycles. The van der Waals surface area contributed by atoms with Crippen molar-refractivity contribution in [2.75, 3.05) is 26.8 Å². The fourth-order valence-electron chi connectivity index (χ4n) is 3.19. The quantitative estimate of drug-likeness (QED) is 0.155. The van der Waals surface area contributed by atoms with Gasteiger partial charge in [-0.3, -0.25) is 0 Å². The van der Waals surface area contributed by atoms with E-state index in [4.69, 9.17) is 9.47 Å². The Balaban J connectivity index is 1.53. The maximum Gasteiger partial charge on any atom is 0.119 e. The first kappa shape index (κ1) is 25.4. The molecule has 0 aromatic heterocycles. The van der Waals surface area contributed by atoms with E-state index in [1.165, 1.54) is 25.7 Å². The van der Waals surface area contributed by atoms with Gasteiger partial charge in [0.25, 0.3) is 0 Å². The van der Waals surface area contributed by atoms with Crippen LogP contribution in [0.2, 0.25) is 0 Å². The molecule has 172 valence electrons. The van der Waals surface area contributed by atoms with Crippen LogP contribution in [0.4, 0.5) is 0 Å². The molecule has 0 spiro atoms. The van der Waals surface area contributed by atoms with Crippen LogP contribution >= 0.6 is 0 Å². The lowest BCUT2D eigenvalue weighted by Gasteiger charge is -2.06. The molecule has 0 saturated heterocycles. The second kappa shape index (κ2) is 16.8. The van der Waals surface area contributed by atoms with Crippen LogP contribution in [-0.2, 0) is 0 Å². The Bertz CT molecular complexity index is 820. The Morgan fingerprint density at radius 2 is 1.22 bits per heavy atom. The summed E-state index contributed by atoms with van der Waals surface area (Å²) >= 11 is 0. The minimum Gasteiger partial charge on any atom is -0.497 e. The summed E-state index contributed by atoms with van der Waals surface area (Å²) in [6.07, 6.45) is 13.6. The van der Waals surface area contributed by atoms with Crippen molar-refractivity contribution in [3.8, 4) is 11.5 Å². The van der Waals surface area contributed by atoms with E-state index >= 15 is 0 Å². The van der Waals surface area contributed by atoms with Crippen LogP contribution in [0.3, 0.4) is 0 Å². The number of aliphatic imine (C=N–C) groups is 2. The minimum atomic E-state index is 0.753. The smallest absolute Gasteiger partial charge is 0.119 e. The van der Waals surface area contributed by atoms with Gasteiger partial charge < -0.3 is 9.47 Å². The van der Waals surface area contributed by atoms with Crippen molar-refractivity contribution in [3.05, 3.63) is 59.7 Å². The highest BCUT2D eigenvalue weighted by Crippen LogP contribution is 2.17. The molecule has 4 nitrogen and oxygen atoms in total. The minimum absolute atomic E-state index is 0.753. The zero-order valence-corrected chi connectivity index (χ0v) is 19.8. The Labute approximate surface area is 194 Å². The third kappa shape index (κ3) is 11.5. The summed E-state index contributed by atoms with van der Waals surface area (Å²) in [6.45, 7) is 4.66. The molecule has 0 unspecified atom stereocenters. The van der Waals surface area contributed by atoms with Gasteiger partial charge in [-0.2, -0.15) is 0 Å². The number of hydrogen-bond acceptors (Lipinski definition) is 4. The summed E-state index contributed by atoms with van der Waals surface area (Å²) in [5.74, 6) is 1.79. The van der Waals surface area contributed by atoms with Crippen LogP contribution in [0.25, 0.3) is 12.2 Å². The van der Waals surface area contributed by atoms with Crippen molar-refractivity contribution in [2.24, 2.45) is 9.98 Å². The van der Waals surface area contributed by atoms with E-state index in [1.807, 2.05) is 36.4 Å². The van der Waals surface area contributed by atoms with E-state index in [1.54, 1.807) is 7.11 Å². The van der Waals surface area contributed by atoms with Crippen molar-refractivity contribution in [2.45, 2.75) is 58.3 Å². The largest absolute Gasteiger partial charge is 0.497 e. The lowest BCUT2D eigenvalue weighted by Crippen LogP contribution is -1.97. The van der Waals surface area contributed by atoms with Gasteiger partial charge in [-0.1, -0.05) is 69.0 Å². The van der Waals surface area contributed by atoms with Crippen LogP contribution in [0.5, 0.6) is 11.5 Å². The summed E-state index contributed by atoms with van der Waals surface area (Å²) < 4.78 is 11.0. The number of ether oxygens (including phenoxy) is 2. The first-order chi connectivity index (χ1) is 15.8. The van der Waals surface area contributed by atoms with Crippen molar-refractivity contribution in [3.63, 3.8) is 0 Å². The fourth-order valence-corrected chi connectivity index (χ4v) is 3.19. The number of unbranched alkanes of at least 4 members (excludes halogenated alkanes) is 6. The van der Waals surface area contributed by atoms with E-state index in [0.717, 1.165) is 68.0 Å². The normalized spacial score (nSPS) is 10.7.